The molecule has 1 amide bonds. The Morgan fingerprint density at radius 1 is 0.931 bits per heavy atom. The zero-order valence-corrected chi connectivity index (χ0v) is 17.7. The average molecular weight is 399 g/mol. The van der Waals surface area contributed by atoms with Crippen molar-refractivity contribution >= 4 is 11.9 Å². The normalized spacial score (nSPS) is 10.9. The lowest BCUT2D eigenvalue weighted by Gasteiger charge is -2.18. The van der Waals surface area contributed by atoms with Crippen molar-refractivity contribution in [3.63, 3.8) is 0 Å². The van der Waals surface area contributed by atoms with E-state index in [2.05, 4.69) is 5.32 Å². The van der Waals surface area contributed by atoms with Gasteiger partial charge < -0.3 is 19.5 Å². The van der Waals surface area contributed by atoms with Crippen molar-refractivity contribution in [1.29, 1.82) is 0 Å². The molecule has 2 aromatic rings. The summed E-state index contributed by atoms with van der Waals surface area (Å²) in [6, 6.07) is 12.9. The van der Waals surface area contributed by atoms with Gasteiger partial charge in [-0.05, 0) is 62.6 Å². The van der Waals surface area contributed by atoms with Crippen LogP contribution in [0.2, 0.25) is 0 Å². The monoisotopic (exact) mass is 399 g/mol. The van der Waals surface area contributed by atoms with Crippen LogP contribution < -0.4 is 19.5 Å². The number of nitrogens with one attached hydrogen (secondary N) is 1. The van der Waals surface area contributed by atoms with E-state index in [0.29, 0.717) is 24.5 Å². The highest BCUT2D eigenvalue weighted by molar-refractivity contribution is 5.80. The molecule has 0 aromatic heterocycles. The molecule has 0 atom stereocenters. The summed E-state index contributed by atoms with van der Waals surface area (Å²) in [6.45, 7) is 5.86. The third-order valence-corrected chi connectivity index (χ3v) is 4.28. The Hall–Kier alpha value is -3.02. The van der Waals surface area contributed by atoms with Crippen LogP contribution in [0, 0.1) is 5.41 Å². The standard InChI is InChI=1S/C23H29NO5/c1-23(2,3)22(26)29-20-14-17(9-10-19(20)28-5)15-21(25)24-12-11-16-7-6-8-18(13-16)27-4/h6-10,13-14H,11-12,15H2,1-5H3,(H,24,25). The van der Waals surface area contributed by atoms with Gasteiger partial charge in [-0.15, -0.1) is 0 Å². The number of methoxy groups -OCH3 is 2. The third-order valence-electron chi connectivity index (χ3n) is 4.28. The predicted molar refractivity (Wildman–Crippen MR) is 111 cm³/mol. The minimum Gasteiger partial charge on any atom is -0.497 e. The maximum atomic E-state index is 12.3. The molecule has 0 aliphatic carbocycles. The summed E-state index contributed by atoms with van der Waals surface area (Å²) in [4.78, 5) is 24.5. The van der Waals surface area contributed by atoms with Crippen LogP contribution in [0.4, 0.5) is 0 Å². The third kappa shape index (κ3) is 6.82. The fourth-order valence-electron chi connectivity index (χ4n) is 2.59. The van der Waals surface area contributed by atoms with Gasteiger partial charge >= 0.3 is 5.97 Å². The van der Waals surface area contributed by atoms with Crippen LogP contribution in [-0.2, 0) is 22.4 Å². The molecule has 0 spiro atoms. The van der Waals surface area contributed by atoms with Crippen molar-refractivity contribution in [2.75, 3.05) is 20.8 Å². The first kappa shape index (κ1) is 22.3. The Labute approximate surface area is 172 Å². The highest BCUT2D eigenvalue weighted by Crippen LogP contribution is 2.30. The van der Waals surface area contributed by atoms with Gasteiger partial charge in [-0.1, -0.05) is 18.2 Å². The first-order valence-corrected chi connectivity index (χ1v) is 9.51. The first-order chi connectivity index (χ1) is 13.7. The molecule has 156 valence electrons. The molecule has 1 N–H and O–H groups in total. The van der Waals surface area contributed by atoms with Gasteiger partial charge in [-0.2, -0.15) is 0 Å². The Bertz CT molecular complexity index is 855. The van der Waals surface area contributed by atoms with Crippen molar-refractivity contribution < 1.29 is 23.8 Å². The molecule has 6 heteroatoms. The van der Waals surface area contributed by atoms with E-state index in [1.54, 1.807) is 46.1 Å². The molecule has 0 aliphatic rings. The van der Waals surface area contributed by atoms with E-state index in [0.717, 1.165) is 16.9 Å². The van der Waals surface area contributed by atoms with E-state index in [1.807, 2.05) is 24.3 Å². The van der Waals surface area contributed by atoms with Gasteiger partial charge in [-0.3, -0.25) is 9.59 Å². The molecular weight excluding hydrogens is 370 g/mol. The van der Waals surface area contributed by atoms with Gasteiger partial charge in [0, 0.05) is 6.54 Å². The molecule has 0 saturated heterocycles. The topological polar surface area (TPSA) is 73.9 Å². The van der Waals surface area contributed by atoms with Gasteiger partial charge in [0.2, 0.25) is 5.91 Å². The summed E-state index contributed by atoms with van der Waals surface area (Å²) in [5.41, 5.74) is 1.19. The molecule has 0 fully saturated rings. The number of rotatable bonds is 8. The minimum atomic E-state index is -0.640. The van der Waals surface area contributed by atoms with Gasteiger partial charge in [-0.25, -0.2) is 0 Å². The molecule has 0 heterocycles. The molecule has 0 saturated carbocycles. The summed E-state index contributed by atoms with van der Waals surface area (Å²) in [6.07, 6.45) is 0.891. The van der Waals surface area contributed by atoms with E-state index >= 15 is 0 Å². The summed E-state index contributed by atoms with van der Waals surface area (Å²) in [5.74, 6) is 1.09. The number of carbonyl (C=O) groups is 2. The van der Waals surface area contributed by atoms with Crippen LogP contribution in [0.25, 0.3) is 0 Å². The molecule has 2 aromatic carbocycles. The van der Waals surface area contributed by atoms with Crippen LogP contribution in [0.1, 0.15) is 31.9 Å². The smallest absolute Gasteiger partial charge is 0.316 e. The summed E-state index contributed by atoms with van der Waals surface area (Å²) in [7, 11) is 3.14. The molecule has 6 nitrogen and oxygen atoms in total. The molecule has 0 aliphatic heterocycles. The SMILES string of the molecule is COc1cccc(CCNC(=O)Cc2ccc(OC)c(OC(=O)C(C)(C)C)c2)c1. The Balaban J connectivity index is 1.95. The fraction of sp³-hybridized carbons (Fsp3) is 0.391. The highest BCUT2D eigenvalue weighted by Gasteiger charge is 2.25. The largest absolute Gasteiger partial charge is 0.497 e. The number of amides is 1. The second-order valence-electron chi connectivity index (χ2n) is 7.75. The second kappa shape index (κ2) is 9.96. The van der Waals surface area contributed by atoms with Gasteiger partial charge in [0.1, 0.15) is 5.75 Å². The molecule has 29 heavy (non-hydrogen) atoms. The fourth-order valence-corrected chi connectivity index (χ4v) is 2.59. The molecule has 2 rings (SSSR count). The molecule has 0 radical (unpaired) electrons. The number of benzene rings is 2. The van der Waals surface area contributed by atoms with E-state index in [-0.39, 0.29) is 18.3 Å². The zero-order chi connectivity index (χ0) is 21.4. The van der Waals surface area contributed by atoms with Gasteiger partial charge in [0.05, 0.1) is 26.1 Å². The van der Waals surface area contributed by atoms with Crippen molar-refractivity contribution in [2.45, 2.75) is 33.6 Å². The van der Waals surface area contributed by atoms with Crippen LogP contribution in [-0.4, -0.2) is 32.6 Å². The van der Waals surface area contributed by atoms with Crippen LogP contribution in [0.15, 0.2) is 42.5 Å². The van der Waals surface area contributed by atoms with Crippen LogP contribution in [0.5, 0.6) is 17.2 Å². The highest BCUT2D eigenvalue weighted by atomic mass is 16.6. The number of hydrogen-bond acceptors (Lipinski definition) is 5. The lowest BCUT2D eigenvalue weighted by molar-refractivity contribution is -0.143. The number of esters is 1. The zero-order valence-electron chi connectivity index (χ0n) is 17.7. The van der Waals surface area contributed by atoms with Crippen LogP contribution >= 0.6 is 0 Å². The number of hydrogen-bond donors (Lipinski definition) is 1. The van der Waals surface area contributed by atoms with E-state index in [1.165, 1.54) is 7.11 Å². The lowest BCUT2D eigenvalue weighted by atomic mass is 9.97. The molecule has 0 unspecified atom stereocenters. The summed E-state index contributed by atoms with van der Waals surface area (Å²) in [5, 5.41) is 2.91. The minimum absolute atomic E-state index is 0.105. The summed E-state index contributed by atoms with van der Waals surface area (Å²) >= 11 is 0. The van der Waals surface area contributed by atoms with Gasteiger partial charge in [0.25, 0.3) is 0 Å². The molecular formula is C23H29NO5. The van der Waals surface area contributed by atoms with Crippen molar-refractivity contribution in [1.82, 2.24) is 5.32 Å². The maximum Gasteiger partial charge on any atom is 0.316 e. The summed E-state index contributed by atoms with van der Waals surface area (Å²) < 4.78 is 15.9. The van der Waals surface area contributed by atoms with Crippen LogP contribution in [0.3, 0.4) is 0 Å². The molecule has 0 bridgehead atoms. The Kier molecular flexibility index (Phi) is 7.65. The van der Waals surface area contributed by atoms with E-state index < -0.39 is 5.41 Å². The number of carbonyl (C=O) groups excluding carboxylic acids is 2. The number of ether oxygens (including phenoxy) is 3. The predicted octanol–water partition coefficient (Wildman–Crippen LogP) is 3.56. The second-order valence-corrected chi connectivity index (χ2v) is 7.75. The first-order valence-electron chi connectivity index (χ1n) is 9.51. The maximum absolute atomic E-state index is 12.3. The van der Waals surface area contributed by atoms with Crippen molar-refractivity contribution in [3.05, 3.63) is 53.6 Å². The quantitative estimate of drug-likeness (QED) is 0.543. The van der Waals surface area contributed by atoms with Gasteiger partial charge in [0.15, 0.2) is 11.5 Å². The Morgan fingerprint density at radius 2 is 1.69 bits per heavy atom. The Morgan fingerprint density at radius 3 is 2.34 bits per heavy atom. The average Bonchev–Trinajstić information content (AvgIpc) is 2.67. The van der Waals surface area contributed by atoms with E-state index in [4.69, 9.17) is 14.2 Å². The van der Waals surface area contributed by atoms with Crippen molar-refractivity contribution in [3.8, 4) is 17.2 Å². The van der Waals surface area contributed by atoms with E-state index in [9.17, 15) is 9.59 Å². The van der Waals surface area contributed by atoms with Crippen molar-refractivity contribution in [2.24, 2.45) is 5.41 Å². The lowest BCUT2D eigenvalue weighted by Crippen LogP contribution is -2.27.